The number of nitriles is 1. The first kappa shape index (κ1) is 22.9. The second-order valence-corrected chi connectivity index (χ2v) is 8.60. The maximum atomic E-state index is 13.3. The number of phenols is 1. The molecule has 0 unspecified atom stereocenters. The Morgan fingerprint density at radius 3 is 2.26 bits per heavy atom. The monoisotopic (exact) mass is 450 g/mol. The fraction of sp³-hybridized carbons (Fsp3) is 0.172. The lowest BCUT2D eigenvalue weighted by Gasteiger charge is -2.17. The predicted molar refractivity (Wildman–Crippen MR) is 134 cm³/mol. The van der Waals surface area contributed by atoms with Crippen LogP contribution in [0, 0.1) is 39.0 Å². The summed E-state index contributed by atoms with van der Waals surface area (Å²) >= 11 is 0. The summed E-state index contributed by atoms with van der Waals surface area (Å²) in [5, 5.41) is 19.2. The molecule has 0 saturated heterocycles. The van der Waals surface area contributed by atoms with Crippen LogP contribution in [0.2, 0.25) is 0 Å². The highest BCUT2D eigenvalue weighted by Crippen LogP contribution is 2.30. The first-order valence-corrected chi connectivity index (χ1v) is 11.1. The van der Waals surface area contributed by atoms with Crippen LogP contribution in [0.3, 0.4) is 0 Å². The van der Waals surface area contributed by atoms with Crippen LogP contribution in [0.25, 0.3) is 11.3 Å². The summed E-state index contributed by atoms with van der Waals surface area (Å²) in [6, 6.07) is 22.6. The Hall–Kier alpha value is -4.30. The quantitative estimate of drug-likeness (QED) is 0.395. The molecule has 0 aliphatic heterocycles. The van der Waals surface area contributed by atoms with Crippen LogP contribution in [0.1, 0.15) is 33.4 Å². The zero-order valence-corrected chi connectivity index (χ0v) is 19.7. The molecule has 0 atom stereocenters. The van der Waals surface area contributed by atoms with Crippen LogP contribution in [-0.2, 0) is 6.54 Å². The van der Waals surface area contributed by atoms with E-state index in [-0.39, 0.29) is 16.9 Å². The first-order valence-electron chi connectivity index (χ1n) is 11.1. The molecule has 4 rings (SSSR count). The second-order valence-electron chi connectivity index (χ2n) is 8.60. The number of rotatable bonds is 5. The molecule has 0 amide bonds. The molecule has 0 spiro atoms. The molecule has 3 aromatic carbocycles. The van der Waals surface area contributed by atoms with E-state index in [9.17, 15) is 15.2 Å². The number of phenolic OH excluding ortho intramolecular Hbond substituents is 1. The molecule has 1 aromatic heterocycles. The third-order valence-electron chi connectivity index (χ3n) is 5.97. The van der Waals surface area contributed by atoms with Crippen LogP contribution in [0.15, 0.2) is 71.5 Å². The van der Waals surface area contributed by atoms with Crippen molar-refractivity contribution in [2.45, 2.75) is 34.2 Å². The number of hydrogen-bond acceptors (Lipinski definition) is 4. The maximum absolute atomic E-state index is 13.3. The Morgan fingerprint density at radius 1 is 0.882 bits per heavy atom. The fourth-order valence-electron chi connectivity index (χ4n) is 4.06. The summed E-state index contributed by atoms with van der Waals surface area (Å²) in [6.07, 6.45) is 0. The van der Waals surface area contributed by atoms with Gasteiger partial charge in [0.25, 0.3) is 5.56 Å². The van der Waals surface area contributed by atoms with E-state index in [1.165, 1.54) is 0 Å². The Bertz CT molecular complexity index is 1480. The van der Waals surface area contributed by atoms with E-state index < -0.39 is 0 Å². The molecule has 0 radical (unpaired) electrons. The van der Waals surface area contributed by atoms with Gasteiger partial charge in [-0.2, -0.15) is 5.26 Å². The van der Waals surface area contributed by atoms with Gasteiger partial charge >= 0.3 is 0 Å². The Morgan fingerprint density at radius 2 is 1.62 bits per heavy atom. The normalized spacial score (nSPS) is 10.7. The summed E-state index contributed by atoms with van der Waals surface area (Å²) in [5.74, 6) is 1.50. The number of aromatic hydroxyl groups is 1. The molecule has 0 fully saturated rings. The van der Waals surface area contributed by atoms with Gasteiger partial charge in [0.1, 0.15) is 28.9 Å². The van der Waals surface area contributed by atoms with Gasteiger partial charge in [0.2, 0.25) is 0 Å². The molecule has 1 N–H and O–H groups in total. The SMILES string of the molecule is Cc1ccc(Cn2c(-c3ccc(Oc4ccc(O)cc4C)cc3)cc(C)c(C#N)c2=O)c(C)c1. The van der Waals surface area contributed by atoms with E-state index in [1.807, 2.05) is 63.2 Å². The summed E-state index contributed by atoms with van der Waals surface area (Å²) in [5.41, 5.74) is 6.24. The number of aromatic nitrogens is 1. The molecular formula is C29H26N2O3. The molecule has 0 bridgehead atoms. The van der Waals surface area contributed by atoms with Gasteiger partial charge < -0.3 is 14.4 Å². The molecule has 4 aromatic rings. The minimum absolute atomic E-state index is 0.163. The van der Waals surface area contributed by atoms with E-state index in [0.29, 0.717) is 23.6 Å². The largest absolute Gasteiger partial charge is 0.508 e. The van der Waals surface area contributed by atoms with Crippen LogP contribution in [0.4, 0.5) is 0 Å². The third kappa shape index (κ3) is 4.57. The van der Waals surface area contributed by atoms with Crippen molar-refractivity contribution < 1.29 is 9.84 Å². The number of benzene rings is 3. The van der Waals surface area contributed by atoms with Crippen molar-refractivity contribution in [3.05, 3.63) is 110 Å². The highest BCUT2D eigenvalue weighted by Gasteiger charge is 2.15. The van der Waals surface area contributed by atoms with Crippen LogP contribution in [-0.4, -0.2) is 9.67 Å². The Labute approximate surface area is 199 Å². The van der Waals surface area contributed by atoms with Crippen LogP contribution < -0.4 is 10.3 Å². The minimum Gasteiger partial charge on any atom is -0.508 e. The molecule has 34 heavy (non-hydrogen) atoms. The van der Waals surface area contributed by atoms with Crippen molar-refractivity contribution in [3.8, 4) is 34.6 Å². The first-order chi connectivity index (χ1) is 16.3. The molecule has 0 aliphatic carbocycles. The molecule has 5 nitrogen and oxygen atoms in total. The second kappa shape index (κ2) is 9.29. The van der Waals surface area contributed by atoms with Gasteiger partial charge in [-0.25, -0.2) is 0 Å². The molecule has 170 valence electrons. The minimum atomic E-state index is -0.294. The number of hydrogen-bond donors (Lipinski definition) is 1. The van der Waals surface area contributed by atoms with Gasteiger partial charge in [-0.05, 0) is 104 Å². The summed E-state index contributed by atoms with van der Waals surface area (Å²) in [7, 11) is 0. The van der Waals surface area contributed by atoms with Crippen molar-refractivity contribution >= 4 is 0 Å². The van der Waals surface area contributed by atoms with Crippen LogP contribution >= 0.6 is 0 Å². The summed E-state index contributed by atoms with van der Waals surface area (Å²) in [6.45, 7) is 8.10. The molecule has 5 heteroatoms. The van der Waals surface area contributed by atoms with Crippen molar-refractivity contribution in [1.82, 2.24) is 4.57 Å². The van der Waals surface area contributed by atoms with Gasteiger partial charge in [0, 0.05) is 0 Å². The zero-order chi connectivity index (χ0) is 24.4. The lowest BCUT2D eigenvalue weighted by molar-refractivity contribution is 0.461. The number of pyridine rings is 1. The molecule has 0 aliphatic rings. The number of aryl methyl sites for hydroxylation is 4. The lowest BCUT2D eigenvalue weighted by atomic mass is 10.0. The number of nitrogens with zero attached hydrogens (tertiary/aromatic N) is 2. The van der Waals surface area contributed by atoms with Gasteiger partial charge in [-0.15, -0.1) is 0 Å². The van der Waals surface area contributed by atoms with Crippen molar-refractivity contribution in [1.29, 1.82) is 5.26 Å². The average molecular weight is 451 g/mol. The zero-order valence-electron chi connectivity index (χ0n) is 19.7. The van der Waals surface area contributed by atoms with Crippen molar-refractivity contribution in [2.24, 2.45) is 0 Å². The van der Waals surface area contributed by atoms with E-state index >= 15 is 0 Å². The molecule has 0 saturated carbocycles. The summed E-state index contributed by atoms with van der Waals surface area (Å²) < 4.78 is 7.64. The highest BCUT2D eigenvalue weighted by atomic mass is 16.5. The average Bonchev–Trinajstić information content (AvgIpc) is 2.80. The van der Waals surface area contributed by atoms with Crippen molar-refractivity contribution in [2.75, 3.05) is 0 Å². The highest BCUT2D eigenvalue weighted by molar-refractivity contribution is 5.63. The van der Waals surface area contributed by atoms with E-state index in [1.54, 1.807) is 29.7 Å². The van der Waals surface area contributed by atoms with Gasteiger partial charge in [0.05, 0.1) is 12.2 Å². The lowest BCUT2D eigenvalue weighted by Crippen LogP contribution is -2.26. The van der Waals surface area contributed by atoms with Gasteiger partial charge in [-0.1, -0.05) is 23.8 Å². The smallest absolute Gasteiger partial charge is 0.269 e. The standard InChI is InChI=1S/C29H26N2O3/c1-18-5-6-23(19(2)13-18)17-31-27(15-20(3)26(16-30)29(31)33)22-7-10-25(11-8-22)34-28-12-9-24(32)14-21(28)4/h5-15,32H,17H2,1-4H3. The van der Waals surface area contributed by atoms with E-state index in [2.05, 4.69) is 12.1 Å². The molecular weight excluding hydrogens is 424 g/mol. The van der Waals surface area contributed by atoms with Gasteiger partial charge in [0.15, 0.2) is 0 Å². The topological polar surface area (TPSA) is 75.2 Å². The van der Waals surface area contributed by atoms with E-state index in [0.717, 1.165) is 33.5 Å². The van der Waals surface area contributed by atoms with Crippen LogP contribution in [0.5, 0.6) is 17.2 Å². The Kier molecular flexibility index (Phi) is 6.25. The fourth-order valence-corrected chi connectivity index (χ4v) is 4.06. The summed E-state index contributed by atoms with van der Waals surface area (Å²) in [4.78, 5) is 13.3. The Balaban J connectivity index is 1.74. The molecule has 1 heterocycles. The van der Waals surface area contributed by atoms with Crippen molar-refractivity contribution in [3.63, 3.8) is 0 Å². The van der Waals surface area contributed by atoms with E-state index in [4.69, 9.17) is 4.74 Å². The number of ether oxygens (including phenoxy) is 1. The predicted octanol–water partition coefficient (Wildman–Crippen LogP) is 6.17. The maximum Gasteiger partial charge on any atom is 0.269 e. The van der Waals surface area contributed by atoms with Gasteiger partial charge in [-0.3, -0.25) is 4.79 Å². The third-order valence-corrected chi connectivity index (χ3v) is 5.97.